The number of nitrogens with zero attached hydrogens (tertiary/aromatic N) is 2. The number of likely N-dealkylation sites (N-methyl/N-ethyl adjacent to an activating group) is 1. The number of thiazole rings is 1. The van der Waals surface area contributed by atoms with Crippen molar-refractivity contribution in [2.24, 2.45) is 0 Å². The number of nitrogens with one attached hydrogen (secondary N) is 1. The molecule has 2 atom stereocenters. The Balaban J connectivity index is 1.37. The summed E-state index contributed by atoms with van der Waals surface area (Å²) in [7, 11) is 1.87. The Labute approximate surface area is 174 Å². The number of piperidine rings is 1. The van der Waals surface area contributed by atoms with Crippen LogP contribution in [0.5, 0.6) is 0 Å². The van der Waals surface area contributed by atoms with E-state index in [1.54, 1.807) is 16.2 Å². The van der Waals surface area contributed by atoms with Crippen LogP contribution < -0.4 is 4.90 Å². The molecule has 1 amide bonds. The topological polar surface area (TPSA) is 37.6 Å². The molecule has 0 radical (unpaired) electrons. The van der Waals surface area contributed by atoms with Crippen LogP contribution >= 0.6 is 22.9 Å². The van der Waals surface area contributed by atoms with Crippen LogP contribution in [-0.2, 0) is 11.3 Å². The summed E-state index contributed by atoms with van der Waals surface area (Å²) in [6.45, 7) is 3.17. The highest BCUT2D eigenvalue weighted by Gasteiger charge is 2.29. The van der Waals surface area contributed by atoms with E-state index in [1.165, 1.54) is 14.6 Å². The van der Waals surface area contributed by atoms with Crippen molar-refractivity contribution in [3.05, 3.63) is 64.1 Å². The lowest BCUT2D eigenvalue weighted by molar-refractivity contribution is -0.898. The first kappa shape index (κ1) is 19.4. The summed E-state index contributed by atoms with van der Waals surface area (Å²) < 4.78 is 1.25. The standard InChI is InChI=1S/C22H24ClN3OS/c1-25(13-16-6-4-8-18(23)12-16)21(27)15-26-11-5-7-17(14-26)22-24-19-9-2-3-10-20(19)28-22/h2-4,6,8-10,12,17H,5,7,11,13-15H2,1H3/p+1/t17-/m0/s1. The molecule has 6 heteroatoms. The number of quaternary nitrogens is 1. The molecule has 2 heterocycles. The van der Waals surface area contributed by atoms with Crippen molar-refractivity contribution in [1.82, 2.24) is 9.88 Å². The smallest absolute Gasteiger partial charge is 0.277 e. The Kier molecular flexibility index (Phi) is 5.95. The molecule has 4 nitrogen and oxygen atoms in total. The van der Waals surface area contributed by atoms with Crippen molar-refractivity contribution in [2.45, 2.75) is 25.3 Å². The van der Waals surface area contributed by atoms with Crippen LogP contribution in [0.3, 0.4) is 0 Å². The average Bonchev–Trinajstić information content (AvgIpc) is 3.12. The largest absolute Gasteiger partial charge is 0.337 e. The summed E-state index contributed by atoms with van der Waals surface area (Å²) in [5, 5.41) is 1.93. The first-order valence-corrected chi connectivity index (χ1v) is 11.0. The molecule has 0 aliphatic carbocycles. The summed E-state index contributed by atoms with van der Waals surface area (Å²) in [4.78, 5) is 20.8. The van der Waals surface area contributed by atoms with E-state index in [0.29, 0.717) is 24.0 Å². The van der Waals surface area contributed by atoms with E-state index in [-0.39, 0.29) is 5.91 Å². The van der Waals surface area contributed by atoms with Crippen LogP contribution in [-0.4, -0.2) is 42.5 Å². The first-order chi connectivity index (χ1) is 13.6. The Hall–Kier alpha value is -1.95. The molecule has 2 aromatic carbocycles. The van der Waals surface area contributed by atoms with Crippen molar-refractivity contribution in [3.8, 4) is 0 Å². The predicted molar refractivity (Wildman–Crippen MR) is 115 cm³/mol. The summed E-state index contributed by atoms with van der Waals surface area (Å²) in [5.74, 6) is 0.632. The normalized spacial score (nSPS) is 19.6. The second-order valence-electron chi connectivity index (χ2n) is 7.62. The van der Waals surface area contributed by atoms with Gasteiger partial charge in [0.2, 0.25) is 0 Å². The van der Waals surface area contributed by atoms with Gasteiger partial charge in [-0.15, -0.1) is 11.3 Å². The van der Waals surface area contributed by atoms with E-state index < -0.39 is 0 Å². The third-order valence-electron chi connectivity index (χ3n) is 5.41. The van der Waals surface area contributed by atoms with Gasteiger partial charge in [-0.2, -0.15) is 0 Å². The van der Waals surface area contributed by atoms with Gasteiger partial charge in [0.25, 0.3) is 5.91 Å². The van der Waals surface area contributed by atoms with E-state index in [9.17, 15) is 4.79 Å². The fourth-order valence-corrected chi connectivity index (χ4v) is 5.25. The maximum atomic E-state index is 12.7. The third-order valence-corrected chi connectivity index (χ3v) is 6.85. The molecule has 4 rings (SSSR count). The molecule has 146 valence electrons. The second-order valence-corrected chi connectivity index (χ2v) is 9.12. The van der Waals surface area contributed by atoms with Crippen LogP contribution in [0.2, 0.25) is 5.02 Å². The van der Waals surface area contributed by atoms with E-state index in [0.717, 1.165) is 37.0 Å². The lowest BCUT2D eigenvalue weighted by atomic mass is 9.98. The van der Waals surface area contributed by atoms with Crippen molar-refractivity contribution in [2.75, 3.05) is 26.7 Å². The minimum Gasteiger partial charge on any atom is -0.337 e. The molecular formula is C22H25ClN3OS+. The highest BCUT2D eigenvalue weighted by atomic mass is 35.5. The summed E-state index contributed by atoms with van der Waals surface area (Å²) >= 11 is 7.86. The van der Waals surface area contributed by atoms with E-state index in [4.69, 9.17) is 16.6 Å². The van der Waals surface area contributed by atoms with Gasteiger partial charge in [-0.3, -0.25) is 4.79 Å². The van der Waals surface area contributed by atoms with Gasteiger partial charge in [0.15, 0.2) is 6.54 Å². The number of carbonyl (C=O) groups excluding carboxylic acids is 1. The maximum Gasteiger partial charge on any atom is 0.277 e. The van der Waals surface area contributed by atoms with Gasteiger partial charge in [0.1, 0.15) is 5.01 Å². The van der Waals surface area contributed by atoms with Crippen LogP contribution in [0.4, 0.5) is 0 Å². The first-order valence-electron chi connectivity index (χ1n) is 9.76. The SMILES string of the molecule is CN(Cc1cccc(Cl)c1)C(=O)C[NH+]1CCC[C@H](c2nc3ccccc3s2)C1. The van der Waals surface area contributed by atoms with E-state index in [2.05, 4.69) is 18.2 Å². The molecule has 0 spiro atoms. The molecule has 28 heavy (non-hydrogen) atoms. The Morgan fingerprint density at radius 1 is 1.29 bits per heavy atom. The molecule has 1 unspecified atom stereocenters. The fourth-order valence-electron chi connectivity index (χ4n) is 3.93. The molecule has 1 aromatic heterocycles. The van der Waals surface area contributed by atoms with E-state index >= 15 is 0 Å². The van der Waals surface area contributed by atoms with Crippen molar-refractivity contribution in [3.63, 3.8) is 0 Å². The van der Waals surface area contributed by atoms with E-state index in [1.807, 2.05) is 37.4 Å². The third kappa shape index (κ3) is 4.54. The van der Waals surface area contributed by atoms with Gasteiger partial charge >= 0.3 is 0 Å². The lowest BCUT2D eigenvalue weighted by Gasteiger charge is -2.29. The van der Waals surface area contributed by atoms with Gasteiger partial charge < -0.3 is 9.80 Å². The predicted octanol–water partition coefficient (Wildman–Crippen LogP) is 3.37. The number of hydrogen-bond donors (Lipinski definition) is 1. The minimum absolute atomic E-state index is 0.180. The van der Waals surface area contributed by atoms with Gasteiger partial charge in [-0.05, 0) is 42.7 Å². The number of amides is 1. The minimum atomic E-state index is 0.180. The van der Waals surface area contributed by atoms with Crippen molar-refractivity contribution < 1.29 is 9.69 Å². The zero-order chi connectivity index (χ0) is 19.5. The van der Waals surface area contributed by atoms with Crippen LogP contribution in [0.1, 0.15) is 29.3 Å². The Bertz CT molecular complexity index is 940. The number of fused-ring (bicyclic) bond motifs is 1. The number of aromatic nitrogens is 1. The molecule has 1 aliphatic rings. The molecule has 1 fully saturated rings. The van der Waals surface area contributed by atoms with Crippen LogP contribution in [0.25, 0.3) is 10.2 Å². The number of hydrogen-bond acceptors (Lipinski definition) is 3. The summed E-state index contributed by atoms with van der Waals surface area (Å²) in [6, 6.07) is 16.0. The van der Waals surface area contributed by atoms with Gasteiger partial charge in [0, 0.05) is 18.6 Å². The number of carbonyl (C=O) groups is 1. The molecule has 1 aliphatic heterocycles. The van der Waals surface area contributed by atoms with Crippen LogP contribution in [0, 0.1) is 0 Å². The second kappa shape index (κ2) is 8.60. The Morgan fingerprint density at radius 2 is 2.14 bits per heavy atom. The summed E-state index contributed by atoms with van der Waals surface area (Å²) in [5.41, 5.74) is 2.15. The fraction of sp³-hybridized carbons (Fsp3) is 0.364. The zero-order valence-corrected chi connectivity index (χ0v) is 17.6. The number of halogens is 1. The van der Waals surface area contributed by atoms with Gasteiger partial charge in [-0.25, -0.2) is 4.98 Å². The number of rotatable bonds is 5. The molecule has 1 saturated heterocycles. The number of benzene rings is 2. The van der Waals surface area contributed by atoms with Crippen LogP contribution in [0.15, 0.2) is 48.5 Å². The highest BCUT2D eigenvalue weighted by molar-refractivity contribution is 7.18. The zero-order valence-electron chi connectivity index (χ0n) is 16.0. The highest BCUT2D eigenvalue weighted by Crippen LogP contribution is 2.30. The maximum absolute atomic E-state index is 12.7. The van der Waals surface area contributed by atoms with Crippen molar-refractivity contribution in [1.29, 1.82) is 0 Å². The number of likely N-dealkylation sites (tertiary alicyclic amines) is 1. The number of para-hydroxylation sites is 1. The molecule has 1 N–H and O–H groups in total. The molecule has 3 aromatic rings. The van der Waals surface area contributed by atoms with Gasteiger partial charge in [-0.1, -0.05) is 35.9 Å². The molecular weight excluding hydrogens is 390 g/mol. The average molecular weight is 415 g/mol. The van der Waals surface area contributed by atoms with Crippen molar-refractivity contribution >= 4 is 39.1 Å². The molecule has 0 saturated carbocycles. The monoisotopic (exact) mass is 414 g/mol. The van der Waals surface area contributed by atoms with Gasteiger partial charge in [0.05, 0.1) is 29.2 Å². The Morgan fingerprint density at radius 3 is 2.96 bits per heavy atom. The quantitative estimate of drug-likeness (QED) is 0.695. The molecule has 0 bridgehead atoms. The summed E-state index contributed by atoms with van der Waals surface area (Å²) in [6.07, 6.45) is 2.30. The lowest BCUT2D eigenvalue weighted by Crippen LogP contribution is -3.14.